The molecular formula is C11H9ClN2O. The van der Waals surface area contributed by atoms with Crippen molar-refractivity contribution in [1.29, 1.82) is 0 Å². The summed E-state index contributed by atoms with van der Waals surface area (Å²) in [7, 11) is 0. The van der Waals surface area contributed by atoms with Crippen LogP contribution in [0.25, 0.3) is 0 Å². The lowest BCUT2D eigenvalue weighted by molar-refractivity contribution is 0.103. The third-order valence-corrected chi connectivity index (χ3v) is 2.26. The van der Waals surface area contributed by atoms with Crippen molar-refractivity contribution in [3.05, 3.63) is 52.8 Å². The molecule has 0 amide bonds. The van der Waals surface area contributed by atoms with Crippen molar-refractivity contribution in [3.8, 4) is 0 Å². The summed E-state index contributed by atoms with van der Waals surface area (Å²) in [6.45, 7) is 0. The number of benzene rings is 1. The van der Waals surface area contributed by atoms with E-state index in [9.17, 15) is 4.79 Å². The molecule has 3 nitrogen and oxygen atoms in total. The van der Waals surface area contributed by atoms with Gasteiger partial charge in [-0.25, -0.2) is 0 Å². The molecule has 0 bridgehead atoms. The molecule has 3 N–H and O–H groups in total. The number of hydrogen-bond acceptors (Lipinski definition) is 2. The van der Waals surface area contributed by atoms with Gasteiger partial charge in [0.1, 0.15) is 0 Å². The zero-order valence-electron chi connectivity index (χ0n) is 7.83. The maximum absolute atomic E-state index is 11.9. The Bertz CT molecular complexity index is 471. The van der Waals surface area contributed by atoms with Gasteiger partial charge in [0.2, 0.25) is 0 Å². The predicted molar refractivity (Wildman–Crippen MR) is 60.1 cm³/mol. The van der Waals surface area contributed by atoms with Crippen LogP contribution in [0.15, 0.2) is 36.7 Å². The van der Waals surface area contributed by atoms with Crippen LogP contribution >= 0.6 is 11.6 Å². The van der Waals surface area contributed by atoms with Crippen molar-refractivity contribution in [1.82, 2.24) is 4.98 Å². The second kappa shape index (κ2) is 3.79. The minimum atomic E-state index is -0.0922. The topological polar surface area (TPSA) is 58.9 Å². The van der Waals surface area contributed by atoms with Gasteiger partial charge in [0.05, 0.1) is 0 Å². The zero-order chi connectivity index (χ0) is 10.8. The van der Waals surface area contributed by atoms with Crippen LogP contribution in [0, 0.1) is 0 Å². The quantitative estimate of drug-likeness (QED) is 0.604. The Balaban J connectivity index is 2.42. The van der Waals surface area contributed by atoms with Gasteiger partial charge in [0, 0.05) is 34.2 Å². The van der Waals surface area contributed by atoms with E-state index in [1.165, 1.54) is 0 Å². The smallest absolute Gasteiger partial charge is 0.194 e. The summed E-state index contributed by atoms with van der Waals surface area (Å²) in [6.07, 6.45) is 3.33. The summed E-state index contributed by atoms with van der Waals surface area (Å²) in [6, 6.07) is 6.53. The molecule has 15 heavy (non-hydrogen) atoms. The highest BCUT2D eigenvalue weighted by Crippen LogP contribution is 2.19. The van der Waals surface area contributed by atoms with Gasteiger partial charge in [-0.2, -0.15) is 0 Å². The lowest BCUT2D eigenvalue weighted by Gasteiger charge is -2.01. The number of carbonyl (C=O) groups excluding carboxylic acids is 1. The molecule has 0 aliphatic heterocycles. The number of anilines is 1. The van der Waals surface area contributed by atoms with Gasteiger partial charge in [-0.1, -0.05) is 11.6 Å². The molecule has 0 aliphatic rings. The van der Waals surface area contributed by atoms with Crippen molar-refractivity contribution < 1.29 is 4.79 Å². The van der Waals surface area contributed by atoms with Gasteiger partial charge in [0.25, 0.3) is 0 Å². The number of nitrogen functional groups attached to an aromatic ring is 1. The minimum Gasteiger partial charge on any atom is -0.399 e. The Morgan fingerprint density at radius 2 is 2.07 bits per heavy atom. The number of aromatic nitrogens is 1. The molecular weight excluding hydrogens is 212 g/mol. The van der Waals surface area contributed by atoms with Gasteiger partial charge in [-0.15, -0.1) is 0 Å². The largest absolute Gasteiger partial charge is 0.399 e. The molecule has 1 aromatic carbocycles. The SMILES string of the molecule is Nc1cc(Cl)cc(C(=O)c2cc[nH]c2)c1. The molecule has 76 valence electrons. The van der Waals surface area contributed by atoms with Crippen LogP contribution in [0.5, 0.6) is 0 Å². The standard InChI is InChI=1S/C11H9ClN2O/c12-9-3-8(4-10(13)5-9)11(15)7-1-2-14-6-7/h1-6,14H,13H2. The molecule has 4 heteroatoms. The number of carbonyl (C=O) groups is 1. The van der Waals surface area contributed by atoms with E-state index < -0.39 is 0 Å². The Hall–Kier alpha value is -1.74. The van der Waals surface area contributed by atoms with Crippen LogP contribution < -0.4 is 5.73 Å². The van der Waals surface area contributed by atoms with E-state index in [4.69, 9.17) is 17.3 Å². The number of rotatable bonds is 2. The fourth-order valence-corrected chi connectivity index (χ4v) is 1.62. The molecule has 0 fully saturated rings. The molecule has 1 aromatic heterocycles. The number of halogens is 1. The summed E-state index contributed by atoms with van der Waals surface area (Å²) in [5.74, 6) is -0.0922. The van der Waals surface area contributed by atoms with Crippen LogP contribution in [0.1, 0.15) is 15.9 Å². The zero-order valence-corrected chi connectivity index (χ0v) is 8.58. The van der Waals surface area contributed by atoms with Crippen LogP contribution in [-0.2, 0) is 0 Å². The Morgan fingerprint density at radius 3 is 2.67 bits per heavy atom. The lowest BCUT2D eigenvalue weighted by atomic mass is 10.1. The minimum absolute atomic E-state index is 0.0922. The number of aromatic amines is 1. The first-order valence-corrected chi connectivity index (χ1v) is 4.78. The number of nitrogens with two attached hydrogens (primary N) is 1. The Labute approximate surface area is 91.9 Å². The summed E-state index contributed by atoms with van der Waals surface area (Å²) in [5.41, 5.74) is 7.19. The molecule has 0 saturated carbocycles. The van der Waals surface area contributed by atoms with E-state index in [1.807, 2.05) is 0 Å². The predicted octanol–water partition coefficient (Wildman–Crippen LogP) is 2.48. The Kier molecular flexibility index (Phi) is 2.47. The normalized spacial score (nSPS) is 10.2. The summed E-state index contributed by atoms with van der Waals surface area (Å²) >= 11 is 5.82. The number of nitrogens with one attached hydrogen (secondary N) is 1. The van der Waals surface area contributed by atoms with E-state index in [1.54, 1.807) is 36.7 Å². The Morgan fingerprint density at radius 1 is 1.27 bits per heavy atom. The van der Waals surface area contributed by atoms with Crippen LogP contribution in [0.2, 0.25) is 5.02 Å². The monoisotopic (exact) mass is 220 g/mol. The van der Waals surface area contributed by atoms with Crippen molar-refractivity contribution in [2.75, 3.05) is 5.73 Å². The highest BCUT2D eigenvalue weighted by atomic mass is 35.5. The summed E-state index contributed by atoms with van der Waals surface area (Å²) in [5, 5.41) is 0.467. The fraction of sp³-hybridized carbons (Fsp3) is 0. The van der Waals surface area contributed by atoms with Crippen LogP contribution in [-0.4, -0.2) is 10.8 Å². The fourth-order valence-electron chi connectivity index (χ4n) is 1.38. The molecule has 0 radical (unpaired) electrons. The average Bonchev–Trinajstić information content (AvgIpc) is 2.67. The maximum Gasteiger partial charge on any atom is 0.194 e. The van der Waals surface area contributed by atoms with Crippen molar-refractivity contribution >= 4 is 23.1 Å². The van der Waals surface area contributed by atoms with E-state index in [0.717, 1.165) is 0 Å². The first-order chi connectivity index (χ1) is 7.16. The number of H-pyrrole nitrogens is 1. The summed E-state index contributed by atoms with van der Waals surface area (Å²) in [4.78, 5) is 14.7. The lowest BCUT2D eigenvalue weighted by Crippen LogP contribution is -2.00. The van der Waals surface area contributed by atoms with Gasteiger partial charge >= 0.3 is 0 Å². The second-order valence-electron chi connectivity index (χ2n) is 3.20. The highest BCUT2D eigenvalue weighted by molar-refractivity contribution is 6.31. The van der Waals surface area contributed by atoms with E-state index >= 15 is 0 Å². The van der Waals surface area contributed by atoms with E-state index in [0.29, 0.717) is 21.8 Å². The van der Waals surface area contributed by atoms with E-state index in [2.05, 4.69) is 4.98 Å². The van der Waals surface area contributed by atoms with E-state index in [-0.39, 0.29) is 5.78 Å². The molecule has 0 atom stereocenters. The highest BCUT2D eigenvalue weighted by Gasteiger charge is 2.10. The number of ketones is 1. The van der Waals surface area contributed by atoms with Crippen molar-refractivity contribution in [2.24, 2.45) is 0 Å². The molecule has 0 saturated heterocycles. The third kappa shape index (κ3) is 2.02. The van der Waals surface area contributed by atoms with Crippen molar-refractivity contribution in [3.63, 3.8) is 0 Å². The average molecular weight is 221 g/mol. The molecule has 1 heterocycles. The number of hydrogen-bond donors (Lipinski definition) is 2. The third-order valence-electron chi connectivity index (χ3n) is 2.04. The second-order valence-corrected chi connectivity index (χ2v) is 3.64. The molecule has 0 spiro atoms. The van der Waals surface area contributed by atoms with Crippen LogP contribution in [0.3, 0.4) is 0 Å². The molecule has 0 unspecified atom stereocenters. The van der Waals surface area contributed by atoms with Gasteiger partial charge in [-0.3, -0.25) is 4.79 Å². The van der Waals surface area contributed by atoms with Crippen molar-refractivity contribution in [2.45, 2.75) is 0 Å². The van der Waals surface area contributed by atoms with Gasteiger partial charge in [0.15, 0.2) is 5.78 Å². The molecule has 2 rings (SSSR count). The van der Waals surface area contributed by atoms with Gasteiger partial charge < -0.3 is 10.7 Å². The summed E-state index contributed by atoms with van der Waals surface area (Å²) < 4.78 is 0. The van der Waals surface area contributed by atoms with Crippen LogP contribution in [0.4, 0.5) is 5.69 Å². The first kappa shape index (κ1) is 9.80. The first-order valence-electron chi connectivity index (χ1n) is 4.40. The molecule has 0 aliphatic carbocycles. The molecule has 2 aromatic rings. The van der Waals surface area contributed by atoms with Gasteiger partial charge in [-0.05, 0) is 24.3 Å². The maximum atomic E-state index is 11.9.